The fourth-order valence-corrected chi connectivity index (χ4v) is 2.06. The Labute approximate surface area is 129 Å². The van der Waals surface area contributed by atoms with Gasteiger partial charge < -0.3 is 15.6 Å². The number of carboxylic acid groups (broad SMARTS) is 1. The summed E-state index contributed by atoms with van der Waals surface area (Å²) in [5.41, 5.74) is 7.80. The van der Waals surface area contributed by atoms with E-state index in [2.05, 4.69) is 0 Å². The topological polar surface area (TPSA) is 92.5 Å². The summed E-state index contributed by atoms with van der Waals surface area (Å²) in [4.78, 5) is 10.8. The van der Waals surface area contributed by atoms with Crippen molar-refractivity contribution >= 4 is 5.97 Å². The number of ether oxygens (including phenoxy) is 1. The van der Waals surface area contributed by atoms with Gasteiger partial charge in [-0.05, 0) is 23.6 Å². The van der Waals surface area contributed by atoms with Gasteiger partial charge in [-0.2, -0.15) is 0 Å². The third kappa shape index (κ3) is 4.31. The lowest BCUT2D eigenvalue weighted by atomic mass is 10.0. The highest BCUT2D eigenvalue weighted by atomic mass is 16.5. The van der Waals surface area contributed by atoms with E-state index in [1.54, 1.807) is 18.2 Å². The van der Waals surface area contributed by atoms with Gasteiger partial charge in [0.2, 0.25) is 0 Å². The molecule has 0 aliphatic carbocycles. The van der Waals surface area contributed by atoms with Crippen LogP contribution in [0.4, 0.5) is 0 Å². The normalized spacial score (nSPS) is 11.9. The van der Waals surface area contributed by atoms with Crippen LogP contribution < -0.4 is 10.5 Å². The van der Waals surface area contributed by atoms with Crippen LogP contribution in [0.5, 0.6) is 5.75 Å². The molecule has 0 unspecified atom stereocenters. The number of aliphatic carboxylic acids is 1. The third-order valence-electron chi connectivity index (χ3n) is 3.30. The lowest BCUT2D eigenvalue weighted by Gasteiger charge is -2.13. The molecular formula is C17H18NO4. The van der Waals surface area contributed by atoms with Gasteiger partial charge in [0.15, 0.2) is 0 Å². The monoisotopic (exact) mass is 300 g/mol. The van der Waals surface area contributed by atoms with Crippen LogP contribution in [0.2, 0.25) is 0 Å². The fraction of sp³-hybridized carbons (Fsp3) is 0.235. The predicted molar refractivity (Wildman–Crippen MR) is 80.9 cm³/mol. The van der Waals surface area contributed by atoms with E-state index >= 15 is 0 Å². The van der Waals surface area contributed by atoms with Crippen LogP contribution in [-0.4, -0.2) is 17.1 Å². The van der Waals surface area contributed by atoms with E-state index < -0.39 is 18.6 Å². The van der Waals surface area contributed by atoms with E-state index in [1.165, 1.54) is 0 Å². The van der Waals surface area contributed by atoms with E-state index in [1.807, 2.05) is 30.3 Å². The molecule has 1 radical (unpaired) electrons. The van der Waals surface area contributed by atoms with Gasteiger partial charge in [-0.3, -0.25) is 4.79 Å². The summed E-state index contributed by atoms with van der Waals surface area (Å²) in [5.74, 6) is -0.575. The number of benzene rings is 2. The second-order valence-electron chi connectivity index (χ2n) is 5.01. The highest BCUT2D eigenvalue weighted by Gasteiger charge is 2.14. The highest BCUT2D eigenvalue weighted by Crippen LogP contribution is 2.23. The van der Waals surface area contributed by atoms with Crippen LogP contribution in [0.15, 0.2) is 48.5 Å². The molecule has 0 fully saturated rings. The molecule has 2 aromatic rings. The number of carboxylic acids is 1. The summed E-state index contributed by atoms with van der Waals surface area (Å²) >= 11 is 0. The summed E-state index contributed by atoms with van der Waals surface area (Å²) in [6, 6.07) is 13.7. The van der Waals surface area contributed by atoms with Crippen molar-refractivity contribution in [1.82, 2.24) is 0 Å². The molecule has 0 aliphatic rings. The molecule has 2 rings (SSSR count). The molecule has 0 heterocycles. The minimum Gasteiger partial charge on any atom is -0.489 e. The Hall–Kier alpha value is -2.37. The number of carbonyl (C=O) groups is 1. The molecule has 0 bridgehead atoms. The van der Waals surface area contributed by atoms with Crippen molar-refractivity contribution in [2.75, 3.05) is 0 Å². The zero-order chi connectivity index (χ0) is 15.9. The van der Waals surface area contributed by atoms with Crippen molar-refractivity contribution in [1.29, 1.82) is 0 Å². The van der Waals surface area contributed by atoms with E-state index in [0.29, 0.717) is 17.9 Å². The van der Waals surface area contributed by atoms with Gasteiger partial charge >= 0.3 is 5.97 Å². The molecule has 1 atom stereocenters. The number of hydrogen-bond acceptors (Lipinski definition) is 3. The minimum absolute atomic E-state index is 0.191. The van der Waals surface area contributed by atoms with Crippen LogP contribution in [0.25, 0.3) is 0 Å². The third-order valence-corrected chi connectivity index (χ3v) is 3.30. The maximum absolute atomic E-state index is 11.2. The standard InChI is InChI=1S/C17H18NO4/c18-15(17(20)21)8-13-6-7-14(10-19)16(9-13)22-11-12-4-2-1-3-5-12/h1-7,9,15H,8,10-11,18H2,(H,20,21)/t15-/m0/s1. The van der Waals surface area contributed by atoms with Crippen molar-refractivity contribution in [3.63, 3.8) is 0 Å². The van der Waals surface area contributed by atoms with Crippen molar-refractivity contribution < 1.29 is 19.7 Å². The SMILES string of the molecule is N[C@@H](Cc1ccc(C[O])c(OCc2ccccc2)c1)C(=O)O. The van der Waals surface area contributed by atoms with E-state index in [0.717, 1.165) is 11.1 Å². The Morgan fingerprint density at radius 3 is 2.50 bits per heavy atom. The maximum atomic E-state index is 11.2. The zero-order valence-corrected chi connectivity index (χ0v) is 12.1. The van der Waals surface area contributed by atoms with Gasteiger partial charge in [0.1, 0.15) is 25.0 Å². The largest absolute Gasteiger partial charge is 0.489 e. The first kappa shape index (κ1) is 16.0. The molecule has 2 aromatic carbocycles. The molecule has 5 nitrogen and oxygen atoms in total. The van der Waals surface area contributed by atoms with E-state index in [9.17, 15) is 9.90 Å². The molecule has 0 aromatic heterocycles. The predicted octanol–water partition coefficient (Wildman–Crippen LogP) is 2.15. The Morgan fingerprint density at radius 1 is 1.14 bits per heavy atom. The van der Waals surface area contributed by atoms with Crippen molar-refractivity contribution in [2.24, 2.45) is 5.73 Å². The lowest BCUT2D eigenvalue weighted by molar-refractivity contribution is -0.138. The summed E-state index contributed by atoms with van der Waals surface area (Å²) in [6.45, 7) is -0.0440. The molecule has 0 aliphatic heterocycles. The number of nitrogens with two attached hydrogens (primary N) is 1. The summed E-state index contributed by atoms with van der Waals surface area (Å²) in [6.07, 6.45) is 0.191. The van der Waals surface area contributed by atoms with Gasteiger partial charge in [0.05, 0.1) is 0 Å². The molecule has 5 heteroatoms. The van der Waals surface area contributed by atoms with Gasteiger partial charge in [0.25, 0.3) is 0 Å². The van der Waals surface area contributed by atoms with Crippen molar-refractivity contribution in [2.45, 2.75) is 25.7 Å². The Morgan fingerprint density at radius 2 is 1.86 bits per heavy atom. The van der Waals surface area contributed by atoms with Gasteiger partial charge in [-0.25, -0.2) is 5.11 Å². The summed E-state index contributed by atoms with van der Waals surface area (Å²) in [7, 11) is 0. The number of hydrogen-bond donors (Lipinski definition) is 2. The Balaban J connectivity index is 2.12. The highest BCUT2D eigenvalue weighted by molar-refractivity contribution is 5.73. The molecule has 22 heavy (non-hydrogen) atoms. The fourth-order valence-electron chi connectivity index (χ4n) is 2.06. The lowest BCUT2D eigenvalue weighted by Crippen LogP contribution is -2.32. The molecule has 0 spiro atoms. The zero-order valence-electron chi connectivity index (χ0n) is 12.1. The van der Waals surface area contributed by atoms with Gasteiger partial charge in [0, 0.05) is 5.56 Å². The minimum atomic E-state index is -1.06. The maximum Gasteiger partial charge on any atom is 0.320 e. The molecule has 3 N–H and O–H groups in total. The molecular weight excluding hydrogens is 282 g/mol. The van der Waals surface area contributed by atoms with Crippen LogP contribution in [0, 0.1) is 0 Å². The first-order valence-electron chi connectivity index (χ1n) is 6.95. The smallest absolute Gasteiger partial charge is 0.320 e. The van der Waals surface area contributed by atoms with Crippen molar-refractivity contribution in [3.05, 3.63) is 65.2 Å². The quantitative estimate of drug-likeness (QED) is 0.819. The second-order valence-corrected chi connectivity index (χ2v) is 5.01. The Kier molecular flexibility index (Phi) is 5.52. The summed E-state index contributed by atoms with van der Waals surface area (Å²) in [5, 5.41) is 20.1. The van der Waals surface area contributed by atoms with Crippen LogP contribution >= 0.6 is 0 Å². The van der Waals surface area contributed by atoms with Crippen LogP contribution in [0.1, 0.15) is 16.7 Å². The van der Waals surface area contributed by atoms with Crippen LogP contribution in [0.3, 0.4) is 0 Å². The average Bonchev–Trinajstić information content (AvgIpc) is 2.54. The molecule has 115 valence electrons. The number of rotatable bonds is 7. The molecule has 0 amide bonds. The Bertz CT molecular complexity index is 628. The molecule has 0 saturated carbocycles. The van der Waals surface area contributed by atoms with Gasteiger partial charge in [-0.1, -0.05) is 42.5 Å². The van der Waals surface area contributed by atoms with E-state index in [-0.39, 0.29) is 6.42 Å². The average molecular weight is 300 g/mol. The first-order chi connectivity index (χ1) is 10.6. The van der Waals surface area contributed by atoms with Gasteiger partial charge in [-0.15, -0.1) is 0 Å². The van der Waals surface area contributed by atoms with Crippen LogP contribution in [-0.2, 0) is 29.5 Å². The van der Waals surface area contributed by atoms with Crippen molar-refractivity contribution in [3.8, 4) is 5.75 Å². The summed E-state index contributed by atoms with van der Waals surface area (Å²) < 4.78 is 5.71. The molecule has 0 saturated heterocycles. The van der Waals surface area contributed by atoms with E-state index in [4.69, 9.17) is 15.6 Å². The second kappa shape index (κ2) is 7.59. The first-order valence-corrected chi connectivity index (χ1v) is 6.95.